The van der Waals surface area contributed by atoms with E-state index in [4.69, 9.17) is 4.74 Å². The molecule has 0 aromatic heterocycles. The molecule has 0 spiro atoms. The Hall–Kier alpha value is -1.49. The van der Waals surface area contributed by atoms with E-state index in [1.807, 2.05) is 0 Å². The van der Waals surface area contributed by atoms with Crippen molar-refractivity contribution >= 4 is 11.6 Å². The third-order valence-electron chi connectivity index (χ3n) is 2.35. The van der Waals surface area contributed by atoms with Crippen LogP contribution in [0.3, 0.4) is 0 Å². The van der Waals surface area contributed by atoms with E-state index >= 15 is 0 Å². The lowest BCUT2D eigenvalue weighted by Gasteiger charge is -2.10. The fourth-order valence-electron chi connectivity index (χ4n) is 1.63. The van der Waals surface area contributed by atoms with Gasteiger partial charge in [-0.05, 0) is 25.0 Å². The van der Waals surface area contributed by atoms with Crippen molar-refractivity contribution in [3.63, 3.8) is 0 Å². The summed E-state index contributed by atoms with van der Waals surface area (Å²) in [5, 5.41) is 2.42. The monoisotopic (exact) mass is 227 g/mol. The molecule has 1 aromatic carbocycles. The normalized spacial score (nSPS) is 19.8. The SMILES string of the molecule is O=C(Nc1cc(F)cc(F)c1)[C@H]1CCCO1. The maximum absolute atomic E-state index is 12.8. The van der Waals surface area contributed by atoms with Crippen LogP contribution in [0.2, 0.25) is 0 Å². The minimum absolute atomic E-state index is 0.109. The molecule has 1 aliphatic rings. The summed E-state index contributed by atoms with van der Waals surface area (Å²) >= 11 is 0. The molecule has 0 aliphatic carbocycles. The van der Waals surface area contributed by atoms with Crippen molar-refractivity contribution < 1.29 is 18.3 Å². The molecule has 1 saturated heterocycles. The molecular formula is C11H11F2NO2. The second kappa shape index (κ2) is 4.57. The number of anilines is 1. The number of amides is 1. The van der Waals surface area contributed by atoms with Gasteiger partial charge < -0.3 is 10.1 Å². The van der Waals surface area contributed by atoms with Crippen molar-refractivity contribution in [1.82, 2.24) is 0 Å². The van der Waals surface area contributed by atoms with Crippen LogP contribution in [0.4, 0.5) is 14.5 Å². The third kappa shape index (κ3) is 2.55. The zero-order chi connectivity index (χ0) is 11.5. The molecule has 1 aliphatic heterocycles. The van der Waals surface area contributed by atoms with E-state index in [2.05, 4.69) is 5.32 Å². The van der Waals surface area contributed by atoms with Gasteiger partial charge in [0.2, 0.25) is 0 Å². The van der Waals surface area contributed by atoms with Crippen LogP contribution >= 0.6 is 0 Å². The number of benzene rings is 1. The van der Waals surface area contributed by atoms with Gasteiger partial charge in [0.1, 0.15) is 17.7 Å². The summed E-state index contributed by atoms with van der Waals surface area (Å²) in [5.41, 5.74) is 0.109. The van der Waals surface area contributed by atoms with Crippen molar-refractivity contribution in [1.29, 1.82) is 0 Å². The van der Waals surface area contributed by atoms with Gasteiger partial charge in [-0.15, -0.1) is 0 Å². The first-order chi connectivity index (χ1) is 7.65. The zero-order valence-corrected chi connectivity index (χ0v) is 8.50. The molecule has 0 unspecified atom stereocenters. The Bertz CT molecular complexity index is 383. The molecule has 0 radical (unpaired) electrons. The highest BCUT2D eigenvalue weighted by molar-refractivity contribution is 5.94. The van der Waals surface area contributed by atoms with E-state index in [1.165, 1.54) is 0 Å². The molecule has 2 rings (SSSR count). The van der Waals surface area contributed by atoms with E-state index in [1.54, 1.807) is 0 Å². The topological polar surface area (TPSA) is 38.3 Å². The van der Waals surface area contributed by atoms with Crippen LogP contribution < -0.4 is 5.32 Å². The molecular weight excluding hydrogens is 216 g/mol. The highest BCUT2D eigenvalue weighted by atomic mass is 19.1. The Balaban J connectivity index is 2.05. The van der Waals surface area contributed by atoms with Gasteiger partial charge in [0.15, 0.2) is 0 Å². The predicted molar refractivity (Wildman–Crippen MR) is 54.0 cm³/mol. The van der Waals surface area contributed by atoms with Crippen LogP contribution in [0.25, 0.3) is 0 Å². The quantitative estimate of drug-likeness (QED) is 0.840. The molecule has 1 N–H and O–H groups in total. The lowest BCUT2D eigenvalue weighted by molar-refractivity contribution is -0.124. The molecule has 0 bridgehead atoms. The summed E-state index contributed by atoms with van der Waals surface area (Å²) in [4.78, 5) is 11.6. The Morgan fingerprint density at radius 1 is 1.31 bits per heavy atom. The minimum Gasteiger partial charge on any atom is -0.368 e. The second-order valence-corrected chi connectivity index (χ2v) is 3.65. The maximum atomic E-state index is 12.8. The molecule has 1 aromatic rings. The second-order valence-electron chi connectivity index (χ2n) is 3.65. The van der Waals surface area contributed by atoms with Crippen LogP contribution in [0.5, 0.6) is 0 Å². The summed E-state index contributed by atoms with van der Waals surface area (Å²) in [7, 11) is 0. The van der Waals surface area contributed by atoms with Crippen molar-refractivity contribution in [2.75, 3.05) is 11.9 Å². The number of carbonyl (C=O) groups excluding carboxylic acids is 1. The van der Waals surface area contributed by atoms with E-state index in [0.29, 0.717) is 13.0 Å². The van der Waals surface area contributed by atoms with Crippen LogP contribution in [0.15, 0.2) is 18.2 Å². The minimum atomic E-state index is -0.720. The van der Waals surface area contributed by atoms with Gasteiger partial charge in [-0.3, -0.25) is 4.79 Å². The molecule has 1 heterocycles. The standard InChI is InChI=1S/C11H11F2NO2/c12-7-4-8(13)6-9(5-7)14-11(15)10-2-1-3-16-10/h4-6,10H,1-3H2,(H,14,15)/t10-/m1/s1. The Kier molecular flexibility index (Phi) is 3.14. The average molecular weight is 227 g/mol. The largest absolute Gasteiger partial charge is 0.368 e. The first-order valence-electron chi connectivity index (χ1n) is 5.04. The van der Waals surface area contributed by atoms with Crippen LogP contribution in [-0.4, -0.2) is 18.6 Å². The summed E-state index contributed by atoms with van der Waals surface area (Å²) in [6, 6.07) is 2.88. The molecule has 86 valence electrons. The fraction of sp³-hybridized carbons (Fsp3) is 0.364. The van der Waals surface area contributed by atoms with Crippen molar-refractivity contribution in [2.45, 2.75) is 18.9 Å². The van der Waals surface area contributed by atoms with Crippen molar-refractivity contribution in [3.8, 4) is 0 Å². The zero-order valence-electron chi connectivity index (χ0n) is 8.50. The van der Waals surface area contributed by atoms with E-state index < -0.39 is 17.7 Å². The molecule has 1 amide bonds. The van der Waals surface area contributed by atoms with Gasteiger partial charge >= 0.3 is 0 Å². The number of hydrogen-bond acceptors (Lipinski definition) is 2. The predicted octanol–water partition coefficient (Wildman–Crippen LogP) is 2.08. The molecule has 16 heavy (non-hydrogen) atoms. The Labute approximate surface area is 91.4 Å². The average Bonchev–Trinajstić information content (AvgIpc) is 2.68. The van der Waals surface area contributed by atoms with Crippen LogP contribution in [0, 0.1) is 11.6 Å². The van der Waals surface area contributed by atoms with Gasteiger partial charge in [-0.2, -0.15) is 0 Å². The summed E-state index contributed by atoms with van der Waals surface area (Å²) in [5.74, 6) is -1.80. The molecule has 5 heteroatoms. The maximum Gasteiger partial charge on any atom is 0.253 e. The number of carbonyl (C=O) groups is 1. The highest BCUT2D eigenvalue weighted by Crippen LogP contribution is 2.17. The summed E-state index contributed by atoms with van der Waals surface area (Å²) in [6.07, 6.45) is 0.963. The first-order valence-corrected chi connectivity index (χ1v) is 5.04. The number of hydrogen-bond donors (Lipinski definition) is 1. The lowest BCUT2D eigenvalue weighted by Crippen LogP contribution is -2.26. The fourth-order valence-corrected chi connectivity index (χ4v) is 1.63. The Morgan fingerprint density at radius 3 is 2.56 bits per heavy atom. The molecule has 1 atom stereocenters. The van der Waals surface area contributed by atoms with Crippen LogP contribution in [0.1, 0.15) is 12.8 Å². The van der Waals surface area contributed by atoms with Gasteiger partial charge in [0.25, 0.3) is 5.91 Å². The van der Waals surface area contributed by atoms with E-state index in [-0.39, 0.29) is 11.6 Å². The Morgan fingerprint density at radius 2 is 2.00 bits per heavy atom. The smallest absolute Gasteiger partial charge is 0.253 e. The number of halogens is 2. The van der Waals surface area contributed by atoms with Gasteiger partial charge in [0.05, 0.1) is 0 Å². The van der Waals surface area contributed by atoms with Gasteiger partial charge in [-0.1, -0.05) is 0 Å². The van der Waals surface area contributed by atoms with Gasteiger partial charge in [0, 0.05) is 18.4 Å². The highest BCUT2D eigenvalue weighted by Gasteiger charge is 2.23. The molecule has 3 nitrogen and oxygen atoms in total. The van der Waals surface area contributed by atoms with Crippen molar-refractivity contribution in [3.05, 3.63) is 29.8 Å². The third-order valence-corrected chi connectivity index (χ3v) is 2.35. The summed E-state index contributed by atoms with van der Waals surface area (Å²) in [6.45, 7) is 0.551. The number of nitrogens with one attached hydrogen (secondary N) is 1. The van der Waals surface area contributed by atoms with Crippen molar-refractivity contribution in [2.24, 2.45) is 0 Å². The van der Waals surface area contributed by atoms with E-state index in [9.17, 15) is 13.6 Å². The number of ether oxygens (including phenoxy) is 1. The van der Waals surface area contributed by atoms with Crippen LogP contribution in [-0.2, 0) is 9.53 Å². The number of rotatable bonds is 2. The van der Waals surface area contributed by atoms with E-state index in [0.717, 1.165) is 24.6 Å². The first kappa shape index (κ1) is 11.0. The summed E-state index contributed by atoms with van der Waals surface area (Å²) < 4.78 is 30.8. The molecule has 1 fully saturated rings. The van der Waals surface area contributed by atoms with Gasteiger partial charge in [-0.25, -0.2) is 8.78 Å². The lowest BCUT2D eigenvalue weighted by atomic mass is 10.2. The molecule has 0 saturated carbocycles.